The van der Waals surface area contributed by atoms with Crippen molar-refractivity contribution < 1.29 is 19.4 Å². The molecule has 1 aromatic rings. The van der Waals surface area contributed by atoms with Crippen LogP contribution in [0.4, 0.5) is 0 Å². The van der Waals surface area contributed by atoms with Crippen LogP contribution in [-0.2, 0) is 4.79 Å². The number of fused-ring (bicyclic) bond motifs is 1. The summed E-state index contributed by atoms with van der Waals surface area (Å²) in [5.41, 5.74) is 0.858. The van der Waals surface area contributed by atoms with E-state index < -0.39 is 6.10 Å². The van der Waals surface area contributed by atoms with E-state index in [9.17, 15) is 4.79 Å². The minimum Gasteiger partial charge on any atom is -0.486 e. The Morgan fingerprint density at radius 2 is 2.16 bits per heavy atom. The zero-order valence-corrected chi connectivity index (χ0v) is 10.8. The third kappa shape index (κ3) is 3.99. The summed E-state index contributed by atoms with van der Waals surface area (Å²) in [4.78, 5) is 11.4. The molecule has 0 fully saturated rings. The van der Waals surface area contributed by atoms with Gasteiger partial charge in [-0.2, -0.15) is 0 Å². The molecular formula is C14H17NO4. The predicted molar refractivity (Wildman–Crippen MR) is 71.2 cm³/mol. The first-order chi connectivity index (χ1) is 9.15. The van der Waals surface area contributed by atoms with Crippen LogP contribution >= 0.6 is 0 Å². The van der Waals surface area contributed by atoms with Gasteiger partial charge in [-0.1, -0.05) is 6.07 Å². The highest BCUT2D eigenvalue weighted by Crippen LogP contribution is 2.30. The van der Waals surface area contributed by atoms with Gasteiger partial charge in [0.2, 0.25) is 5.91 Å². The molecule has 1 aliphatic rings. The summed E-state index contributed by atoms with van der Waals surface area (Å²) < 4.78 is 10.9. The second-order valence-electron chi connectivity index (χ2n) is 4.33. The van der Waals surface area contributed by atoms with Crippen molar-refractivity contribution in [3.63, 3.8) is 0 Å². The van der Waals surface area contributed by atoms with Gasteiger partial charge in [-0.15, -0.1) is 0 Å². The number of aliphatic hydroxyl groups is 1. The van der Waals surface area contributed by atoms with E-state index in [-0.39, 0.29) is 12.5 Å². The van der Waals surface area contributed by atoms with Crippen LogP contribution < -0.4 is 14.8 Å². The second-order valence-corrected chi connectivity index (χ2v) is 4.33. The van der Waals surface area contributed by atoms with E-state index in [2.05, 4.69) is 5.32 Å². The zero-order chi connectivity index (χ0) is 13.7. The van der Waals surface area contributed by atoms with Gasteiger partial charge in [-0.3, -0.25) is 4.79 Å². The summed E-state index contributed by atoms with van der Waals surface area (Å²) >= 11 is 0. The van der Waals surface area contributed by atoms with E-state index in [0.29, 0.717) is 19.0 Å². The van der Waals surface area contributed by atoms with Crippen LogP contribution in [-0.4, -0.2) is 36.9 Å². The highest BCUT2D eigenvalue weighted by molar-refractivity contribution is 5.91. The Morgan fingerprint density at radius 1 is 1.42 bits per heavy atom. The monoisotopic (exact) mass is 263 g/mol. The van der Waals surface area contributed by atoms with Crippen LogP contribution in [0.25, 0.3) is 6.08 Å². The minimum atomic E-state index is -0.549. The summed E-state index contributed by atoms with van der Waals surface area (Å²) in [6.07, 6.45) is 2.57. The van der Waals surface area contributed by atoms with Gasteiger partial charge >= 0.3 is 0 Å². The van der Waals surface area contributed by atoms with Crippen molar-refractivity contribution in [1.82, 2.24) is 5.32 Å². The van der Waals surface area contributed by atoms with Gasteiger partial charge in [-0.25, -0.2) is 0 Å². The first kappa shape index (κ1) is 13.4. The molecule has 1 amide bonds. The number of rotatable bonds is 4. The van der Waals surface area contributed by atoms with Crippen LogP contribution in [0.3, 0.4) is 0 Å². The van der Waals surface area contributed by atoms with Crippen LogP contribution in [0, 0.1) is 0 Å². The summed E-state index contributed by atoms with van der Waals surface area (Å²) in [6.45, 7) is 2.95. The highest BCUT2D eigenvalue weighted by Gasteiger charge is 2.10. The van der Waals surface area contributed by atoms with Crippen molar-refractivity contribution >= 4 is 12.0 Å². The molecule has 0 saturated carbocycles. The van der Waals surface area contributed by atoms with Crippen LogP contribution in [0.1, 0.15) is 12.5 Å². The van der Waals surface area contributed by atoms with Crippen molar-refractivity contribution in [2.75, 3.05) is 19.8 Å². The Hall–Kier alpha value is -2.01. The summed E-state index contributed by atoms with van der Waals surface area (Å²) in [7, 11) is 0. The van der Waals surface area contributed by atoms with E-state index in [1.54, 1.807) is 13.0 Å². The number of benzene rings is 1. The maximum atomic E-state index is 11.4. The first-order valence-electron chi connectivity index (χ1n) is 6.19. The van der Waals surface area contributed by atoms with Crippen molar-refractivity contribution in [1.29, 1.82) is 0 Å². The van der Waals surface area contributed by atoms with Crippen molar-refractivity contribution in [3.05, 3.63) is 29.8 Å². The molecular weight excluding hydrogens is 246 g/mol. The second kappa shape index (κ2) is 6.24. The topological polar surface area (TPSA) is 67.8 Å². The Kier molecular flexibility index (Phi) is 4.41. The largest absolute Gasteiger partial charge is 0.486 e. The third-order valence-corrected chi connectivity index (χ3v) is 2.57. The lowest BCUT2D eigenvalue weighted by molar-refractivity contribution is -0.116. The molecule has 1 atom stereocenters. The SMILES string of the molecule is CC(O)CNC(=O)/C=C/c1ccc2c(c1)OCCO2. The van der Waals surface area contributed by atoms with Gasteiger partial charge in [0, 0.05) is 12.6 Å². The molecule has 19 heavy (non-hydrogen) atoms. The lowest BCUT2D eigenvalue weighted by Gasteiger charge is -2.18. The first-order valence-corrected chi connectivity index (χ1v) is 6.19. The Bertz CT molecular complexity index is 482. The van der Waals surface area contributed by atoms with E-state index in [0.717, 1.165) is 11.3 Å². The summed E-state index contributed by atoms with van der Waals surface area (Å²) in [5, 5.41) is 11.6. The molecule has 1 aliphatic heterocycles. The fraction of sp³-hybridized carbons (Fsp3) is 0.357. The number of hydrogen-bond acceptors (Lipinski definition) is 4. The number of carbonyl (C=O) groups is 1. The maximum absolute atomic E-state index is 11.4. The number of ether oxygens (including phenoxy) is 2. The average Bonchev–Trinajstić information content (AvgIpc) is 2.42. The molecule has 5 nitrogen and oxygen atoms in total. The van der Waals surface area contributed by atoms with E-state index >= 15 is 0 Å². The molecule has 2 N–H and O–H groups in total. The van der Waals surface area contributed by atoms with Gasteiger partial charge in [-0.05, 0) is 30.7 Å². The molecule has 0 spiro atoms. The molecule has 2 rings (SSSR count). The minimum absolute atomic E-state index is 0.240. The van der Waals surface area contributed by atoms with Crippen molar-refractivity contribution in [2.45, 2.75) is 13.0 Å². The van der Waals surface area contributed by atoms with Crippen LogP contribution in [0.15, 0.2) is 24.3 Å². The number of nitrogens with one attached hydrogen (secondary N) is 1. The van der Waals surface area contributed by atoms with Crippen molar-refractivity contribution in [3.8, 4) is 11.5 Å². The number of hydrogen-bond donors (Lipinski definition) is 2. The molecule has 0 radical (unpaired) electrons. The van der Waals surface area contributed by atoms with E-state index in [1.807, 2.05) is 18.2 Å². The predicted octanol–water partition coefficient (Wildman–Crippen LogP) is 0.968. The normalized spacial score (nSPS) is 15.3. The van der Waals surface area contributed by atoms with Gasteiger partial charge in [0.05, 0.1) is 6.10 Å². The van der Waals surface area contributed by atoms with E-state index in [1.165, 1.54) is 6.08 Å². The molecule has 0 aliphatic carbocycles. The number of amides is 1. The van der Waals surface area contributed by atoms with Gasteiger partial charge in [0.15, 0.2) is 11.5 Å². The molecule has 1 heterocycles. The number of aliphatic hydroxyl groups excluding tert-OH is 1. The number of carbonyl (C=O) groups excluding carboxylic acids is 1. The van der Waals surface area contributed by atoms with Gasteiger partial charge in [0.25, 0.3) is 0 Å². The van der Waals surface area contributed by atoms with Crippen molar-refractivity contribution in [2.24, 2.45) is 0 Å². The third-order valence-electron chi connectivity index (χ3n) is 2.57. The summed E-state index contributed by atoms with van der Waals surface area (Å²) in [6, 6.07) is 5.50. The Balaban J connectivity index is 1.97. The van der Waals surface area contributed by atoms with Gasteiger partial charge < -0.3 is 19.9 Å². The van der Waals surface area contributed by atoms with Crippen LogP contribution in [0.5, 0.6) is 11.5 Å². The lowest BCUT2D eigenvalue weighted by atomic mass is 10.2. The molecule has 0 saturated heterocycles. The molecule has 0 aromatic heterocycles. The molecule has 0 bridgehead atoms. The maximum Gasteiger partial charge on any atom is 0.244 e. The highest BCUT2D eigenvalue weighted by atomic mass is 16.6. The smallest absolute Gasteiger partial charge is 0.244 e. The standard InChI is InChI=1S/C14H17NO4/c1-10(16)9-15-14(17)5-3-11-2-4-12-13(8-11)19-7-6-18-12/h2-5,8,10,16H,6-7,9H2,1H3,(H,15,17)/b5-3+. The quantitative estimate of drug-likeness (QED) is 0.794. The fourth-order valence-electron chi connectivity index (χ4n) is 1.64. The molecule has 102 valence electrons. The fourth-order valence-corrected chi connectivity index (χ4v) is 1.64. The summed E-state index contributed by atoms with van der Waals surface area (Å²) in [5.74, 6) is 1.18. The molecule has 5 heteroatoms. The van der Waals surface area contributed by atoms with Gasteiger partial charge in [0.1, 0.15) is 13.2 Å². The lowest BCUT2D eigenvalue weighted by Crippen LogP contribution is -2.28. The molecule has 1 unspecified atom stereocenters. The van der Waals surface area contributed by atoms with E-state index in [4.69, 9.17) is 14.6 Å². The average molecular weight is 263 g/mol. The van der Waals surface area contributed by atoms with Crippen LogP contribution in [0.2, 0.25) is 0 Å². The Labute approximate surface area is 111 Å². The Morgan fingerprint density at radius 3 is 2.89 bits per heavy atom. The molecule has 1 aromatic carbocycles. The zero-order valence-electron chi connectivity index (χ0n) is 10.8.